The summed E-state index contributed by atoms with van der Waals surface area (Å²) in [6.07, 6.45) is 7.32. The lowest BCUT2D eigenvalue weighted by atomic mass is 10.3. The second-order valence-electron chi connectivity index (χ2n) is 5.55. The molecule has 0 aromatic carbocycles. The smallest absolute Gasteiger partial charge is 0.173 e. The molecule has 3 aromatic rings. The van der Waals surface area contributed by atoms with Crippen molar-refractivity contribution in [3.8, 4) is 0 Å². The predicted octanol–water partition coefficient (Wildman–Crippen LogP) is 5.44. The minimum absolute atomic E-state index is 0.261. The van der Waals surface area contributed by atoms with Crippen LogP contribution >= 0.6 is 0 Å². The number of pyridine rings is 1. The zero-order valence-corrected chi connectivity index (χ0v) is 16.0. The molecular weight excluding hydrogens is 315 g/mol. The van der Waals surface area contributed by atoms with Crippen LogP contribution in [0.15, 0.2) is 37.8 Å². The van der Waals surface area contributed by atoms with Crippen molar-refractivity contribution in [2.45, 2.75) is 41.5 Å². The zero-order valence-electron chi connectivity index (χ0n) is 16.0. The van der Waals surface area contributed by atoms with E-state index in [0.717, 1.165) is 28.3 Å². The standard InChI is InChI=1S/C9H9FN2.C9H12N2.C2H6/c1-6-3-8(10)9-11-7(2)5-12(9)4-6;1-5-11-6-8(4)10-9(11)7(2)3;1-2/h3-5H,1-2H3;5-6H,1-2H2,3-4H3;1-2H3. The van der Waals surface area contributed by atoms with Gasteiger partial charge in [-0.3, -0.25) is 0 Å². The molecular formula is C20H27FN4. The number of imidazole rings is 2. The van der Waals surface area contributed by atoms with Crippen LogP contribution in [0.4, 0.5) is 4.39 Å². The molecule has 0 aliphatic rings. The van der Waals surface area contributed by atoms with Crippen molar-refractivity contribution in [1.29, 1.82) is 0 Å². The summed E-state index contributed by atoms with van der Waals surface area (Å²) >= 11 is 0. The first-order valence-electron chi connectivity index (χ1n) is 8.27. The molecule has 0 unspecified atom stereocenters. The number of aryl methyl sites for hydroxylation is 3. The van der Waals surface area contributed by atoms with Gasteiger partial charge in [-0.1, -0.05) is 27.0 Å². The quantitative estimate of drug-likeness (QED) is 0.621. The van der Waals surface area contributed by atoms with E-state index in [2.05, 4.69) is 23.1 Å². The van der Waals surface area contributed by atoms with E-state index in [-0.39, 0.29) is 5.82 Å². The Morgan fingerprint density at radius 3 is 2.20 bits per heavy atom. The van der Waals surface area contributed by atoms with Crippen molar-refractivity contribution in [2.24, 2.45) is 0 Å². The average molecular weight is 342 g/mol. The van der Waals surface area contributed by atoms with Gasteiger partial charge >= 0.3 is 0 Å². The predicted molar refractivity (Wildman–Crippen MR) is 104 cm³/mol. The molecule has 0 radical (unpaired) electrons. The van der Waals surface area contributed by atoms with Crippen LogP contribution in [0, 0.1) is 26.6 Å². The van der Waals surface area contributed by atoms with E-state index in [0.29, 0.717) is 5.65 Å². The van der Waals surface area contributed by atoms with Crippen LogP contribution in [0.25, 0.3) is 17.4 Å². The van der Waals surface area contributed by atoms with Gasteiger partial charge in [-0.2, -0.15) is 0 Å². The molecule has 0 bridgehead atoms. The van der Waals surface area contributed by atoms with Gasteiger partial charge in [-0.15, -0.1) is 0 Å². The third-order valence-electron chi connectivity index (χ3n) is 3.19. The molecule has 134 valence electrons. The van der Waals surface area contributed by atoms with E-state index < -0.39 is 0 Å². The molecule has 0 saturated carbocycles. The van der Waals surface area contributed by atoms with Crippen molar-refractivity contribution in [1.82, 2.24) is 18.9 Å². The molecule has 0 amide bonds. The number of hydrogen-bond acceptors (Lipinski definition) is 2. The first-order valence-corrected chi connectivity index (χ1v) is 8.27. The van der Waals surface area contributed by atoms with Gasteiger partial charge in [0.2, 0.25) is 0 Å². The number of nitrogens with zero attached hydrogens (tertiary/aromatic N) is 4. The number of aromatic nitrogens is 4. The van der Waals surface area contributed by atoms with E-state index in [1.54, 1.807) is 10.6 Å². The second kappa shape index (κ2) is 8.97. The minimum Gasteiger partial charge on any atom is -0.307 e. The summed E-state index contributed by atoms with van der Waals surface area (Å²) in [5.74, 6) is 0.626. The Kier molecular flexibility index (Phi) is 7.30. The normalized spacial score (nSPS) is 9.72. The lowest BCUT2D eigenvalue weighted by molar-refractivity contribution is 0.628. The first-order chi connectivity index (χ1) is 11.8. The topological polar surface area (TPSA) is 35.1 Å². The van der Waals surface area contributed by atoms with Crippen LogP contribution in [0.3, 0.4) is 0 Å². The molecule has 25 heavy (non-hydrogen) atoms. The molecule has 3 heterocycles. The lowest BCUT2D eigenvalue weighted by Crippen LogP contribution is -1.90. The van der Waals surface area contributed by atoms with Crippen molar-refractivity contribution in [3.63, 3.8) is 0 Å². The highest BCUT2D eigenvalue weighted by molar-refractivity contribution is 5.57. The van der Waals surface area contributed by atoms with Crippen LogP contribution in [0.1, 0.15) is 43.5 Å². The summed E-state index contributed by atoms with van der Waals surface area (Å²) in [7, 11) is 0. The Morgan fingerprint density at radius 1 is 1.08 bits per heavy atom. The van der Waals surface area contributed by atoms with Gasteiger partial charge in [0.1, 0.15) is 5.82 Å². The van der Waals surface area contributed by atoms with Gasteiger partial charge in [0, 0.05) is 24.8 Å². The van der Waals surface area contributed by atoms with Crippen molar-refractivity contribution in [2.75, 3.05) is 0 Å². The first kappa shape index (κ1) is 20.4. The van der Waals surface area contributed by atoms with Crippen LogP contribution in [-0.4, -0.2) is 18.9 Å². The van der Waals surface area contributed by atoms with Crippen LogP contribution in [0.5, 0.6) is 0 Å². The number of rotatable bonds is 2. The average Bonchev–Trinajstić information content (AvgIpc) is 3.12. The molecule has 0 saturated heterocycles. The molecule has 0 spiro atoms. The molecule has 3 rings (SSSR count). The molecule has 0 aliphatic heterocycles. The van der Waals surface area contributed by atoms with Crippen molar-refractivity contribution < 1.29 is 4.39 Å². The van der Waals surface area contributed by atoms with Gasteiger partial charge in [0.15, 0.2) is 11.5 Å². The van der Waals surface area contributed by atoms with Gasteiger partial charge in [-0.25, -0.2) is 14.4 Å². The SMILES string of the molecule is C=Cn1cc(C)nc1C(=C)C.CC.Cc1cc(F)c2nc(C)cn2c1. The van der Waals surface area contributed by atoms with Crippen LogP contribution in [-0.2, 0) is 0 Å². The molecule has 0 atom stereocenters. The van der Waals surface area contributed by atoms with E-state index >= 15 is 0 Å². The fraction of sp³-hybridized carbons (Fsp3) is 0.300. The number of hydrogen-bond donors (Lipinski definition) is 0. The highest BCUT2D eigenvalue weighted by Gasteiger charge is 2.04. The highest BCUT2D eigenvalue weighted by atomic mass is 19.1. The minimum atomic E-state index is -0.261. The summed E-state index contributed by atoms with van der Waals surface area (Å²) < 4.78 is 16.8. The van der Waals surface area contributed by atoms with E-state index in [1.165, 1.54) is 6.07 Å². The summed E-state index contributed by atoms with van der Waals surface area (Å²) in [6.45, 7) is 19.1. The summed E-state index contributed by atoms with van der Waals surface area (Å²) in [6, 6.07) is 1.49. The summed E-state index contributed by atoms with van der Waals surface area (Å²) in [4.78, 5) is 8.31. The molecule has 4 nitrogen and oxygen atoms in total. The summed E-state index contributed by atoms with van der Waals surface area (Å²) in [5, 5.41) is 0. The third-order valence-corrected chi connectivity index (χ3v) is 3.19. The number of halogens is 1. The van der Waals surface area contributed by atoms with E-state index in [9.17, 15) is 4.39 Å². The largest absolute Gasteiger partial charge is 0.307 e. The second-order valence-corrected chi connectivity index (χ2v) is 5.55. The third kappa shape index (κ3) is 5.14. The Bertz CT molecular complexity index is 871. The summed E-state index contributed by atoms with van der Waals surface area (Å²) in [5.41, 5.74) is 4.08. The fourth-order valence-electron chi connectivity index (χ4n) is 2.28. The van der Waals surface area contributed by atoms with Gasteiger partial charge in [-0.05, 0) is 44.9 Å². The maximum Gasteiger partial charge on any atom is 0.173 e. The van der Waals surface area contributed by atoms with E-state index in [1.807, 2.05) is 64.7 Å². The number of fused-ring (bicyclic) bond motifs is 1. The highest BCUT2D eigenvalue weighted by Crippen LogP contribution is 2.12. The van der Waals surface area contributed by atoms with Gasteiger partial charge < -0.3 is 8.97 Å². The Balaban J connectivity index is 0.000000229. The van der Waals surface area contributed by atoms with Crippen LogP contribution in [0.2, 0.25) is 0 Å². The van der Waals surface area contributed by atoms with Crippen molar-refractivity contribution >= 4 is 17.4 Å². The van der Waals surface area contributed by atoms with Gasteiger partial charge in [0.25, 0.3) is 0 Å². The Labute approximate surface area is 149 Å². The zero-order chi connectivity index (χ0) is 19.1. The van der Waals surface area contributed by atoms with Gasteiger partial charge in [0.05, 0.1) is 11.4 Å². The van der Waals surface area contributed by atoms with Crippen LogP contribution < -0.4 is 0 Å². The monoisotopic (exact) mass is 342 g/mol. The van der Waals surface area contributed by atoms with E-state index in [4.69, 9.17) is 0 Å². The Hall–Kier alpha value is -2.69. The molecule has 3 aromatic heterocycles. The molecule has 0 aliphatic carbocycles. The number of allylic oxidation sites excluding steroid dienone is 1. The maximum absolute atomic E-state index is 13.2. The maximum atomic E-state index is 13.2. The molecule has 0 N–H and O–H groups in total. The Morgan fingerprint density at radius 2 is 1.68 bits per heavy atom. The lowest BCUT2D eigenvalue weighted by Gasteiger charge is -1.98. The van der Waals surface area contributed by atoms with Crippen molar-refractivity contribution in [3.05, 3.63) is 66.4 Å². The molecule has 5 heteroatoms. The molecule has 0 fully saturated rings. The fourth-order valence-corrected chi connectivity index (χ4v) is 2.28.